The molecule has 18 heavy (non-hydrogen) atoms. The van der Waals surface area contributed by atoms with Crippen LogP contribution in [0.15, 0.2) is 24.3 Å². The number of ether oxygens (including phenoxy) is 1. The minimum absolute atomic E-state index is 0.0698. The zero-order chi connectivity index (χ0) is 13.7. The minimum Gasteiger partial charge on any atom is -0.435 e. The second kappa shape index (κ2) is 6.25. The maximum absolute atomic E-state index is 12.0. The van der Waals surface area contributed by atoms with Crippen LogP contribution in [-0.4, -0.2) is 36.0 Å². The second-order valence-electron chi connectivity index (χ2n) is 3.53. The van der Waals surface area contributed by atoms with Gasteiger partial charge in [-0.15, -0.1) is 0 Å². The molecule has 0 aromatic heterocycles. The molecule has 1 aromatic carbocycles. The Hall–Kier alpha value is -1.76. The maximum atomic E-state index is 12.0. The molecule has 2 N–H and O–H groups in total. The fourth-order valence-corrected chi connectivity index (χ4v) is 1.52. The SMILES string of the molecule is CN(CC(N)=S)C(=O)c1cccc(OC(F)F)c1. The first kappa shape index (κ1) is 14.3. The molecule has 1 amide bonds. The number of alkyl halides is 2. The zero-order valence-corrected chi connectivity index (χ0v) is 10.4. The largest absolute Gasteiger partial charge is 0.435 e. The van der Waals surface area contributed by atoms with Crippen molar-refractivity contribution < 1.29 is 18.3 Å². The summed E-state index contributed by atoms with van der Waals surface area (Å²) in [5.74, 6) is -0.443. The van der Waals surface area contributed by atoms with E-state index in [1.807, 2.05) is 0 Å². The lowest BCUT2D eigenvalue weighted by Crippen LogP contribution is -2.34. The summed E-state index contributed by atoms with van der Waals surface area (Å²) >= 11 is 4.68. The van der Waals surface area contributed by atoms with Crippen molar-refractivity contribution in [2.45, 2.75) is 6.61 Å². The Morgan fingerprint density at radius 1 is 1.56 bits per heavy atom. The molecular weight excluding hydrogens is 262 g/mol. The summed E-state index contributed by atoms with van der Waals surface area (Å²) in [4.78, 5) is 13.4. The lowest BCUT2D eigenvalue weighted by molar-refractivity contribution is -0.0498. The number of thiocarbonyl (C=S) groups is 1. The van der Waals surface area contributed by atoms with Gasteiger partial charge in [0.2, 0.25) is 0 Å². The monoisotopic (exact) mass is 274 g/mol. The van der Waals surface area contributed by atoms with E-state index in [-0.39, 0.29) is 28.8 Å². The van der Waals surface area contributed by atoms with E-state index in [4.69, 9.17) is 5.73 Å². The van der Waals surface area contributed by atoms with Crippen LogP contribution in [0.2, 0.25) is 0 Å². The van der Waals surface area contributed by atoms with E-state index in [1.165, 1.54) is 36.2 Å². The van der Waals surface area contributed by atoms with Gasteiger partial charge in [0, 0.05) is 12.6 Å². The molecule has 0 bridgehead atoms. The van der Waals surface area contributed by atoms with Gasteiger partial charge in [0.15, 0.2) is 0 Å². The van der Waals surface area contributed by atoms with Gasteiger partial charge in [-0.05, 0) is 18.2 Å². The Bertz CT molecular complexity index is 454. The van der Waals surface area contributed by atoms with Crippen molar-refractivity contribution in [2.24, 2.45) is 5.73 Å². The standard InChI is InChI=1S/C11H12F2N2O2S/c1-15(6-9(14)18)10(16)7-3-2-4-8(5-7)17-11(12)13/h2-5,11H,6H2,1H3,(H2,14,18). The molecule has 7 heteroatoms. The number of hydrogen-bond donors (Lipinski definition) is 1. The molecule has 0 radical (unpaired) electrons. The Morgan fingerprint density at radius 2 is 2.22 bits per heavy atom. The van der Waals surface area contributed by atoms with Crippen molar-refractivity contribution in [1.29, 1.82) is 0 Å². The van der Waals surface area contributed by atoms with E-state index in [0.717, 1.165) is 0 Å². The molecule has 0 atom stereocenters. The molecule has 0 unspecified atom stereocenters. The van der Waals surface area contributed by atoms with Crippen LogP contribution >= 0.6 is 12.2 Å². The normalized spacial score (nSPS) is 10.2. The highest BCUT2D eigenvalue weighted by molar-refractivity contribution is 7.80. The van der Waals surface area contributed by atoms with E-state index in [9.17, 15) is 13.6 Å². The minimum atomic E-state index is -2.93. The molecule has 98 valence electrons. The third-order valence-corrected chi connectivity index (χ3v) is 2.17. The Labute approximate surface area is 108 Å². The predicted molar refractivity (Wildman–Crippen MR) is 66.8 cm³/mol. The van der Waals surface area contributed by atoms with Crippen LogP contribution < -0.4 is 10.5 Å². The molecule has 0 spiro atoms. The number of halogens is 2. The molecule has 1 aromatic rings. The quantitative estimate of drug-likeness (QED) is 0.829. The average molecular weight is 274 g/mol. The first-order chi connectivity index (χ1) is 8.40. The number of nitrogens with two attached hydrogens (primary N) is 1. The number of carbonyl (C=O) groups excluding carboxylic acids is 1. The van der Waals surface area contributed by atoms with Gasteiger partial charge < -0.3 is 15.4 Å². The van der Waals surface area contributed by atoms with Crippen LogP contribution in [0, 0.1) is 0 Å². The van der Waals surface area contributed by atoms with Crippen molar-refractivity contribution in [2.75, 3.05) is 13.6 Å². The van der Waals surface area contributed by atoms with Crippen molar-refractivity contribution in [1.82, 2.24) is 4.90 Å². The number of likely N-dealkylation sites (N-methyl/N-ethyl adjacent to an activating group) is 1. The number of benzene rings is 1. The van der Waals surface area contributed by atoms with Crippen LogP contribution in [0.4, 0.5) is 8.78 Å². The fraction of sp³-hybridized carbons (Fsp3) is 0.273. The smallest absolute Gasteiger partial charge is 0.387 e. The lowest BCUT2D eigenvalue weighted by atomic mass is 10.2. The number of hydrogen-bond acceptors (Lipinski definition) is 3. The molecule has 0 heterocycles. The van der Waals surface area contributed by atoms with E-state index in [2.05, 4.69) is 17.0 Å². The van der Waals surface area contributed by atoms with E-state index in [1.54, 1.807) is 0 Å². The van der Waals surface area contributed by atoms with E-state index in [0.29, 0.717) is 0 Å². The highest BCUT2D eigenvalue weighted by Gasteiger charge is 2.14. The third kappa shape index (κ3) is 4.25. The molecule has 1 rings (SSSR count). The number of nitrogens with zero attached hydrogens (tertiary/aromatic N) is 1. The summed E-state index contributed by atoms with van der Waals surface area (Å²) in [5.41, 5.74) is 5.55. The summed E-state index contributed by atoms with van der Waals surface area (Å²) in [6.45, 7) is -2.81. The zero-order valence-electron chi connectivity index (χ0n) is 9.60. The molecule has 0 aliphatic heterocycles. The average Bonchev–Trinajstić information content (AvgIpc) is 2.26. The lowest BCUT2D eigenvalue weighted by Gasteiger charge is -2.16. The van der Waals surface area contributed by atoms with Crippen LogP contribution in [0.1, 0.15) is 10.4 Å². The second-order valence-corrected chi connectivity index (χ2v) is 4.06. The van der Waals surface area contributed by atoms with E-state index < -0.39 is 6.61 Å². The Morgan fingerprint density at radius 3 is 2.78 bits per heavy atom. The van der Waals surface area contributed by atoms with Gasteiger partial charge in [0.1, 0.15) is 5.75 Å². The van der Waals surface area contributed by atoms with Crippen molar-refractivity contribution in [3.05, 3.63) is 29.8 Å². The van der Waals surface area contributed by atoms with Gasteiger partial charge in [-0.1, -0.05) is 18.3 Å². The molecule has 0 saturated heterocycles. The Balaban J connectivity index is 2.82. The van der Waals surface area contributed by atoms with Crippen LogP contribution in [-0.2, 0) is 0 Å². The summed E-state index contributed by atoms with van der Waals surface area (Å²) < 4.78 is 28.3. The van der Waals surface area contributed by atoms with Gasteiger partial charge in [-0.3, -0.25) is 4.79 Å². The number of rotatable bonds is 5. The molecular formula is C11H12F2N2O2S. The summed E-state index contributed by atoms with van der Waals surface area (Å²) in [6, 6.07) is 5.54. The van der Waals surface area contributed by atoms with Crippen LogP contribution in [0.5, 0.6) is 5.75 Å². The van der Waals surface area contributed by atoms with Gasteiger partial charge in [0.05, 0.1) is 11.5 Å². The van der Waals surface area contributed by atoms with Gasteiger partial charge in [-0.2, -0.15) is 8.78 Å². The first-order valence-corrected chi connectivity index (χ1v) is 5.39. The predicted octanol–water partition coefficient (Wildman–Crippen LogP) is 1.65. The van der Waals surface area contributed by atoms with Gasteiger partial charge >= 0.3 is 6.61 Å². The molecule has 4 nitrogen and oxygen atoms in total. The third-order valence-electron chi connectivity index (χ3n) is 2.05. The molecule has 0 fully saturated rings. The Kier molecular flexibility index (Phi) is 4.96. The highest BCUT2D eigenvalue weighted by atomic mass is 32.1. The fourth-order valence-electron chi connectivity index (χ4n) is 1.33. The summed E-state index contributed by atoms with van der Waals surface area (Å²) in [5, 5.41) is 0. The summed E-state index contributed by atoms with van der Waals surface area (Å²) in [6.07, 6.45) is 0. The summed E-state index contributed by atoms with van der Waals surface area (Å²) in [7, 11) is 1.52. The maximum Gasteiger partial charge on any atom is 0.387 e. The van der Waals surface area contributed by atoms with E-state index >= 15 is 0 Å². The van der Waals surface area contributed by atoms with Crippen LogP contribution in [0.25, 0.3) is 0 Å². The topological polar surface area (TPSA) is 55.6 Å². The highest BCUT2D eigenvalue weighted by Crippen LogP contribution is 2.16. The van der Waals surface area contributed by atoms with Gasteiger partial charge in [0.25, 0.3) is 5.91 Å². The van der Waals surface area contributed by atoms with Crippen molar-refractivity contribution in [3.8, 4) is 5.75 Å². The number of carbonyl (C=O) groups is 1. The van der Waals surface area contributed by atoms with Crippen molar-refractivity contribution in [3.63, 3.8) is 0 Å². The molecule has 0 aliphatic carbocycles. The van der Waals surface area contributed by atoms with Crippen molar-refractivity contribution >= 4 is 23.1 Å². The first-order valence-electron chi connectivity index (χ1n) is 4.99. The van der Waals surface area contributed by atoms with Gasteiger partial charge in [-0.25, -0.2) is 0 Å². The molecule has 0 aliphatic rings. The number of amides is 1. The van der Waals surface area contributed by atoms with Crippen LogP contribution in [0.3, 0.4) is 0 Å². The molecule has 0 saturated carbocycles.